The summed E-state index contributed by atoms with van der Waals surface area (Å²) in [5.41, 5.74) is 3.16. The van der Waals surface area contributed by atoms with Gasteiger partial charge < -0.3 is 0 Å². The van der Waals surface area contributed by atoms with Gasteiger partial charge in [-0.2, -0.15) is 0 Å². The Bertz CT molecular complexity index is 698. The zero-order chi connectivity index (χ0) is 12.3. The summed E-state index contributed by atoms with van der Waals surface area (Å²) < 4.78 is 0. The zero-order valence-corrected chi connectivity index (χ0v) is 11.0. The lowest BCUT2D eigenvalue weighted by Gasteiger charge is -2.14. The Morgan fingerprint density at radius 1 is 1.17 bits per heavy atom. The first-order valence-corrected chi connectivity index (χ1v) is 6.87. The van der Waals surface area contributed by atoms with Crippen LogP contribution in [-0.4, -0.2) is 0 Å². The molecule has 0 saturated heterocycles. The quantitative estimate of drug-likeness (QED) is 0.647. The van der Waals surface area contributed by atoms with Gasteiger partial charge in [-0.15, -0.1) is 0 Å². The Labute approximate surface area is 108 Å². The highest BCUT2D eigenvalue weighted by molar-refractivity contribution is 5.63. The van der Waals surface area contributed by atoms with Crippen LogP contribution < -0.4 is 10.4 Å². The van der Waals surface area contributed by atoms with Crippen LogP contribution in [0.2, 0.25) is 0 Å². The molecule has 1 aromatic carbocycles. The number of benzene rings is 1. The average molecular weight is 234 g/mol. The molecule has 1 aromatic rings. The third-order valence-corrected chi connectivity index (χ3v) is 4.38. The van der Waals surface area contributed by atoms with Crippen LogP contribution in [0.3, 0.4) is 0 Å². The molecule has 1 saturated carbocycles. The zero-order valence-electron chi connectivity index (χ0n) is 11.0. The van der Waals surface area contributed by atoms with Crippen LogP contribution in [0, 0.1) is 11.3 Å². The number of rotatable bonds is 0. The van der Waals surface area contributed by atoms with Crippen LogP contribution in [0.15, 0.2) is 30.4 Å². The van der Waals surface area contributed by atoms with Crippen molar-refractivity contribution in [1.82, 2.24) is 0 Å². The molecule has 0 spiro atoms. The first-order chi connectivity index (χ1) is 8.62. The second kappa shape index (κ2) is 3.26. The monoisotopic (exact) mass is 234 g/mol. The van der Waals surface area contributed by atoms with Gasteiger partial charge in [0.05, 0.1) is 0 Å². The van der Waals surface area contributed by atoms with Crippen LogP contribution in [0.4, 0.5) is 0 Å². The van der Waals surface area contributed by atoms with Crippen molar-refractivity contribution in [2.45, 2.75) is 26.2 Å². The molecule has 0 heterocycles. The molecule has 0 nitrogen and oxygen atoms in total. The minimum Gasteiger partial charge on any atom is -0.0802 e. The summed E-state index contributed by atoms with van der Waals surface area (Å²) in [5, 5.41) is 2.77. The van der Waals surface area contributed by atoms with Crippen molar-refractivity contribution in [1.29, 1.82) is 0 Å². The first-order valence-electron chi connectivity index (χ1n) is 6.87. The maximum Gasteiger partial charge on any atom is 0.00167 e. The first kappa shape index (κ1) is 10.4. The second-order valence-corrected chi connectivity index (χ2v) is 6.47. The molecule has 0 bridgehead atoms. The van der Waals surface area contributed by atoms with Gasteiger partial charge in [0.15, 0.2) is 0 Å². The van der Waals surface area contributed by atoms with Gasteiger partial charge in [0.25, 0.3) is 0 Å². The predicted molar refractivity (Wildman–Crippen MR) is 77.4 cm³/mol. The molecule has 3 aliphatic rings. The summed E-state index contributed by atoms with van der Waals surface area (Å²) in [5.74, 6) is 1.64. The van der Waals surface area contributed by atoms with E-state index in [1.165, 1.54) is 22.4 Å². The Morgan fingerprint density at radius 2 is 2.06 bits per heavy atom. The lowest BCUT2D eigenvalue weighted by molar-refractivity contribution is 0.670. The summed E-state index contributed by atoms with van der Waals surface area (Å²) in [6, 6.07) is 4.79. The fourth-order valence-corrected chi connectivity index (χ4v) is 3.26. The molecule has 0 radical (unpaired) electrons. The van der Waals surface area contributed by atoms with Gasteiger partial charge in [0, 0.05) is 5.41 Å². The normalized spacial score (nSPS) is 29.2. The van der Waals surface area contributed by atoms with Crippen molar-refractivity contribution >= 4 is 18.2 Å². The Balaban J connectivity index is 2.02. The van der Waals surface area contributed by atoms with E-state index < -0.39 is 0 Å². The van der Waals surface area contributed by atoms with E-state index in [0.717, 1.165) is 11.8 Å². The highest BCUT2D eigenvalue weighted by atomic mass is 14.4. The van der Waals surface area contributed by atoms with Crippen molar-refractivity contribution < 1.29 is 0 Å². The van der Waals surface area contributed by atoms with Crippen molar-refractivity contribution in [3.05, 3.63) is 51.9 Å². The third kappa shape index (κ3) is 1.52. The molecular weight excluding hydrogens is 216 g/mol. The van der Waals surface area contributed by atoms with E-state index in [4.69, 9.17) is 0 Å². The largest absolute Gasteiger partial charge is 0.0802 e. The van der Waals surface area contributed by atoms with Crippen LogP contribution >= 0.6 is 0 Å². The maximum atomic E-state index is 2.42. The summed E-state index contributed by atoms with van der Waals surface area (Å²) in [6.07, 6.45) is 15.2. The van der Waals surface area contributed by atoms with Crippen molar-refractivity contribution in [3.8, 4) is 0 Å². The lowest BCUT2D eigenvalue weighted by Crippen LogP contribution is -2.27. The molecule has 0 N–H and O–H groups in total. The molecule has 0 aromatic heterocycles. The van der Waals surface area contributed by atoms with E-state index in [1.54, 1.807) is 5.56 Å². The smallest absolute Gasteiger partial charge is 0.00167 e. The highest BCUT2D eigenvalue weighted by Gasteiger charge is 2.39. The van der Waals surface area contributed by atoms with Crippen LogP contribution in [0.1, 0.15) is 37.3 Å². The van der Waals surface area contributed by atoms with Gasteiger partial charge >= 0.3 is 0 Å². The van der Waals surface area contributed by atoms with Crippen LogP contribution in [0.5, 0.6) is 0 Å². The molecule has 3 aliphatic carbocycles. The lowest BCUT2D eigenvalue weighted by atomic mass is 9.90. The van der Waals surface area contributed by atoms with E-state index >= 15 is 0 Å². The van der Waals surface area contributed by atoms with E-state index in [0.29, 0.717) is 0 Å². The van der Waals surface area contributed by atoms with E-state index in [-0.39, 0.29) is 5.41 Å². The summed E-state index contributed by atoms with van der Waals surface area (Å²) >= 11 is 0. The van der Waals surface area contributed by atoms with E-state index in [1.807, 2.05) is 0 Å². The molecule has 0 amide bonds. The maximum absolute atomic E-state index is 2.42. The van der Waals surface area contributed by atoms with Gasteiger partial charge in [-0.3, -0.25) is 0 Å². The minimum atomic E-state index is 0.149. The fourth-order valence-electron chi connectivity index (χ4n) is 3.26. The fraction of sp³-hybridized carbons (Fsp3) is 0.333. The van der Waals surface area contributed by atoms with Gasteiger partial charge in [-0.1, -0.05) is 56.4 Å². The topological polar surface area (TPSA) is 0 Å². The number of fused-ring (bicyclic) bond motifs is 4. The summed E-state index contributed by atoms with van der Waals surface area (Å²) in [4.78, 5) is 0. The molecule has 0 heteroatoms. The molecule has 0 aliphatic heterocycles. The SMILES string of the molecule is CC1(C)C=CC=c2cc3c(cc2=C1)C=CC1CC31. The van der Waals surface area contributed by atoms with Gasteiger partial charge in [0.1, 0.15) is 0 Å². The summed E-state index contributed by atoms with van der Waals surface area (Å²) in [7, 11) is 0. The predicted octanol–water partition coefficient (Wildman–Crippen LogP) is 2.97. The van der Waals surface area contributed by atoms with Gasteiger partial charge in [-0.25, -0.2) is 0 Å². The van der Waals surface area contributed by atoms with Crippen LogP contribution in [-0.2, 0) is 0 Å². The minimum absolute atomic E-state index is 0.149. The Morgan fingerprint density at radius 3 is 2.94 bits per heavy atom. The second-order valence-electron chi connectivity index (χ2n) is 6.47. The van der Waals surface area contributed by atoms with Crippen molar-refractivity contribution in [2.24, 2.45) is 11.3 Å². The van der Waals surface area contributed by atoms with Gasteiger partial charge in [-0.05, 0) is 45.9 Å². The van der Waals surface area contributed by atoms with Crippen molar-refractivity contribution in [3.63, 3.8) is 0 Å². The van der Waals surface area contributed by atoms with Crippen molar-refractivity contribution in [2.75, 3.05) is 0 Å². The third-order valence-electron chi connectivity index (χ3n) is 4.38. The Hall–Kier alpha value is -1.56. The average Bonchev–Trinajstić information content (AvgIpc) is 3.08. The molecule has 90 valence electrons. The van der Waals surface area contributed by atoms with Gasteiger partial charge in [0.2, 0.25) is 0 Å². The standard InChI is InChI=1S/C18H18/c1-18(2)7-3-4-12-9-16-13(8-15(12)11-18)5-6-14-10-17(14)16/h3-9,11,14,17H,10H2,1-2H3. The molecule has 4 rings (SSSR count). The number of hydrogen-bond acceptors (Lipinski definition) is 0. The molecule has 2 unspecified atom stereocenters. The molecule has 18 heavy (non-hydrogen) atoms. The molecule has 2 atom stereocenters. The van der Waals surface area contributed by atoms with Crippen LogP contribution in [0.25, 0.3) is 18.2 Å². The number of hydrogen-bond donors (Lipinski definition) is 0. The Kier molecular flexibility index (Phi) is 1.88. The summed E-state index contributed by atoms with van der Waals surface area (Å²) in [6.45, 7) is 4.53. The molecular formula is C18H18. The molecule has 1 fully saturated rings. The van der Waals surface area contributed by atoms with E-state index in [9.17, 15) is 0 Å². The van der Waals surface area contributed by atoms with E-state index in [2.05, 4.69) is 62.4 Å². The highest BCUT2D eigenvalue weighted by Crippen LogP contribution is 2.51. The number of allylic oxidation sites excluding steroid dienone is 3.